The molecule has 0 bridgehead atoms. The zero-order valence-corrected chi connectivity index (χ0v) is 17.3. The third-order valence-corrected chi connectivity index (χ3v) is 5.58. The highest BCUT2D eigenvalue weighted by atomic mass is 32.1. The van der Waals surface area contributed by atoms with Crippen LogP contribution in [0, 0.1) is 11.8 Å². The van der Waals surface area contributed by atoms with E-state index in [2.05, 4.69) is 5.32 Å². The maximum Gasteiger partial charge on any atom is 0.341 e. The third-order valence-electron chi connectivity index (χ3n) is 4.68. The molecular formula is C21H23NO6S. The highest BCUT2D eigenvalue weighted by Gasteiger charge is 2.40. The van der Waals surface area contributed by atoms with Gasteiger partial charge in [0.1, 0.15) is 16.3 Å². The Morgan fingerprint density at radius 1 is 1.17 bits per heavy atom. The van der Waals surface area contributed by atoms with Crippen LogP contribution in [0.4, 0.5) is 5.00 Å². The van der Waals surface area contributed by atoms with E-state index in [1.54, 1.807) is 31.5 Å². The van der Waals surface area contributed by atoms with E-state index in [9.17, 15) is 14.4 Å². The number of esters is 2. The molecule has 1 aliphatic carbocycles. The molecule has 154 valence electrons. The number of carbonyl (C=O) groups excluding carboxylic acids is 3. The average molecular weight is 417 g/mol. The minimum Gasteiger partial charge on any atom is -0.497 e. The van der Waals surface area contributed by atoms with Gasteiger partial charge in [0, 0.05) is 10.9 Å². The van der Waals surface area contributed by atoms with Gasteiger partial charge >= 0.3 is 11.9 Å². The van der Waals surface area contributed by atoms with Gasteiger partial charge in [0.2, 0.25) is 0 Å². The van der Waals surface area contributed by atoms with E-state index in [4.69, 9.17) is 14.2 Å². The fourth-order valence-corrected chi connectivity index (χ4v) is 3.87. The van der Waals surface area contributed by atoms with Crippen LogP contribution in [0.2, 0.25) is 0 Å². The number of carbonyl (C=O) groups is 3. The lowest BCUT2D eigenvalue weighted by molar-refractivity contribution is -0.148. The molecular weight excluding hydrogens is 394 g/mol. The van der Waals surface area contributed by atoms with Crippen molar-refractivity contribution in [1.82, 2.24) is 0 Å². The summed E-state index contributed by atoms with van der Waals surface area (Å²) in [6.45, 7) is 3.50. The van der Waals surface area contributed by atoms with Crippen LogP contribution in [0.5, 0.6) is 5.75 Å². The van der Waals surface area contributed by atoms with Gasteiger partial charge in [-0.3, -0.25) is 9.59 Å². The minimum absolute atomic E-state index is 0.110. The molecule has 2 atom stereocenters. The Morgan fingerprint density at radius 3 is 2.45 bits per heavy atom. The molecule has 0 unspecified atom stereocenters. The summed E-state index contributed by atoms with van der Waals surface area (Å²) in [7, 11) is 1.58. The van der Waals surface area contributed by atoms with Crippen LogP contribution in [0.3, 0.4) is 0 Å². The van der Waals surface area contributed by atoms with Crippen molar-refractivity contribution in [3.05, 3.63) is 35.2 Å². The lowest BCUT2D eigenvalue weighted by Gasteiger charge is -2.09. The highest BCUT2D eigenvalue weighted by molar-refractivity contribution is 7.15. The molecule has 0 aliphatic heterocycles. The summed E-state index contributed by atoms with van der Waals surface area (Å²) in [6, 6.07) is 7.23. The normalized spacial score (nSPS) is 17.3. The largest absolute Gasteiger partial charge is 0.497 e. The number of ether oxygens (including phenoxy) is 3. The monoisotopic (exact) mass is 417 g/mol. The average Bonchev–Trinajstić information content (AvgIpc) is 3.31. The third kappa shape index (κ3) is 4.95. The maximum atomic E-state index is 12.5. The Hall–Kier alpha value is -2.87. The first-order valence-electron chi connectivity index (χ1n) is 9.34. The molecule has 29 heavy (non-hydrogen) atoms. The van der Waals surface area contributed by atoms with Gasteiger partial charge in [0.15, 0.2) is 6.61 Å². The molecule has 0 spiro atoms. The molecule has 1 aliphatic rings. The van der Waals surface area contributed by atoms with Crippen molar-refractivity contribution in [2.24, 2.45) is 11.8 Å². The minimum atomic E-state index is -0.529. The van der Waals surface area contributed by atoms with Crippen LogP contribution in [0.1, 0.15) is 30.6 Å². The number of anilines is 1. The Labute approximate surface area is 173 Å². The standard InChI is InChI=1S/C21H23NO6S/c1-4-27-21(25)18-16(13-5-7-14(26-3)8-6-13)11-29-19(18)22-17(23)10-28-20(24)15-9-12(15)2/h5-8,11-12,15H,4,9-10H2,1-3H3,(H,22,23)/t12-,15-/m0/s1. The molecule has 1 fully saturated rings. The second kappa shape index (κ2) is 9.09. The van der Waals surface area contributed by atoms with Gasteiger partial charge in [0.25, 0.3) is 5.91 Å². The lowest BCUT2D eigenvalue weighted by Crippen LogP contribution is -2.22. The summed E-state index contributed by atoms with van der Waals surface area (Å²) in [6.07, 6.45) is 0.795. The summed E-state index contributed by atoms with van der Waals surface area (Å²) in [5.41, 5.74) is 1.72. The SMILES string of the molecule is CCOC(=O)c1c(-c2ccc(OC)cc2)csc1NC(=O)COC(=O)[C@H]1C[C@@H]1C. The fraction of sp³-hybridized carbons (Fsp3) is 0.381. The molecule has 2 aromatic rings. The van der Waals surface area contributed by atoms with Crippen LogP contribution in [-0.2, 0) is 19.1 Å². The zero-order valence-electron chi connectivity index (χ0n) is 16.5. The molecule has 7 nitrogen and oxygen atoms in total. The number of amides is 1. The number of rotatable bonds is 8. The Balaban J connectivity index is 1.76. The van der Waals surface area contributed by atoms with E-state index in [0.717, 1.165) is 12.0 Å². The van der Waals surface area contributed by atoms with Crippen LogP contribution >= 0.6 is 11.3 Å². The molecule has 1 amide bonds. The van der Waals surface area contributed by atoms with E-state index >= 15 is 0 Å². The van der Waals surface area contributed by atoms with Crippen LogP contribution in [0.25, 0.3) is 11.1 Å². The summed E-state index contributed by atoms with van der Waals surface area (Å²) in [5.74, 6) is -0.490. The fourth-order valence-electron chi connectivity index (χ4n) is 2.90. The van der Waals surface area contributed by atoms with E-state index in [0.29, 0.717) is 22.2 Å². The van der Waals surface area contributed by atoms with Gasteiger partial charge in [-0.2, -0.15) is 0 Å². The van der Waals surface area contributed by atoms with Crippen molar-refractivity contribution in [2.75, 3.05) is 25.6 Å². The summed E-state index contributed by atoms with van der Waals surface area (Å²) < 4.78 is 15.4. The Morgan fingerprint density at radius 2 is 1.86 bits per heavy atom. The number of nitrogens with one attached hydrogen (secondary N) is 1. The number of benzene rings is 1. The summed E-state index contributed by atoms with van der Waals surface area (Å²) >= 11 is 1.21. The van der Waals surface area contributed by atoms with E-state index in [-0.39, 0.29) is 30.7 Å². The van der Waals surface area contributed by atoms with E-state index in [1.165, 1.54) is 11.3 Å². The molecule has 1 aromatic heterocycles. The van der Waals surface area contributed by atoms with Crippen molar-refractivity contribution in [1.29, 1.82) is 0 Å². The van der Waals surface area contributed by atoms with Crippen molar-refractivity contribution >= 4 is 34.2 Å². The van der Waals surface area contributed by atoms with Gasteiger partial charge in [-0.25, -0.2) is 4.79 Å². The number of methoxy groups -OCH3 is 1. The van der Waals surface area contributed by atoms with Crippen molar-refractivity contribution in [2.45, 2.75) is 20.3 Å². The van der Waals surface area contributed by atoms with Crippen molar-refractivity contribution < 1.29 is 28.6 Å². The first-order chi connectivity index (χ1) is 13.9. The molecule has 1 heterocycles. The first-order valence-corrected chi connectivity index (χ1v) is 10.2. The second-order valence-corrected chi connectivity index (χ2v) is 7.66. The molecule has 3 rings (SSSR count). The number of thiophene rings is 1. The predicted octanol–water partition coefficient (Wildman–Crippen LogP) is 3.74. The van der Waals surface area contributed by atoms with Crippen LogP contribution in [-0.4, -0.2) is 38.2 Å². The molecule has 1 saturated carbocycles. The predicted molar refractivity (Wildman–Crippen MR) is 109 cm³/mol. The molecule has 0 saturated heterocycles. The van der Waals surface area contributed by atoms with Crippen molar-refractivity contribution in [3.63, 3.8) is 0 Å². The zero-order chi connectivity index (χ0) is 21.0. The smallest absolute Gasteiger partial charge is 0.341 e. The lowest BCUT2D eigenvalue weighted by atomic mass is 10.0. The number of hydrogen-bond acceptors (Lipinski definition) is 7. The summed E-state index contributed by atoms with van der Waals surface area (Å²) in [4.78, 5) is 36.6. The van der Waals surface area contributed by atoms with Crippen LogP contribution < -0.4 is 10.1 Å². The van der Waals surface area contributed by atoms with E-state index in [1.807, 2.05) is 19.1 Å². The maximum absolute atomic E-state index is 12.5. The van der Waals surface area contributed by atoms with E-state index < -0.39 is 11.9 Å². The van der Waals surface area contributed by atoms with Gasteiger partial charge in [-0.05, 0) is 37.0 Å². The van der Waals surface area contributed by atoms with Crippen LogP contribution in [0.15, 0.2) is 29.6 Å². The Kier molecular flexibility index (Phi) is 6.53. The van der Waals surface area contributed by atoms with Gasteiger partial charge < -0.3 is 19.5 Å². The topological polar surface area (TPSA) is 90.9 Å². The quantitative estimate of drug-likeness (QED) is 0.658. The van der Waals surface area contributed by atoms with Crippen molar-refractivity contribution in [3.8, 4) is 16.9 Å². The molecule has 1 aromatic carbocycles. The highest BCUT2D eigenvalue weighted by Crippen LogP contribution is 2.39. The molecule has 8 heteroatoms. The first kappa shape index (κ1) is 20.9. The van der Waals surface area contributed by atoms with Gasteiger partial charge in [-0.1, -0.05) is 19.1 Å². The molecule has 0 radical (unpaired) electrons. The second-order valence-electron chi connectivity index (χ2n) is 6.78. The van der Waals surface area contributed by atoms with Gasteiger partial charge in [-0.15, -0.1) is 11.3 Å². The number of hydrogen-bond donors (Lipinski definition) is 1. The Bertz CT molecular complexity index is 904. The summed E-state index contributed by atoms with van der Waals surface area (Å²) in [5, 5.41) is 4.80. The molecule has 1 N–H and O–H groups in total. The van der Waals surface area contributed by atoms with Gasteiger partial charge in [0.05, 0.1) is 19.6 Å².